The number of rotatable bonds is 5. The summed E-state index contributed by atoms with van der Waals surface area (Å²) in [5, 5.41) is 11.8. The molecule has 1 amide bonds. The van der Waals surface area contributed by atoms with Crippen LogP contribution in [-0.2, 0) is 16.1 Å². The number of alkyl carbamates (subject to hydrolysis) is 1. The highest BCUT2D eigenvalue weighted by molar-refractivity contribution is 5.79. The van der Waals surface area contributed by atoms with Crippen molar-refractivity contribution in [2.24, 2.45) is 5.92 Å². The van der Waals surface area contributed by atoms with Crippen LogP contribution in [0.5, 0.6) is 0 Å². The molecule has 1 aliphatic heterocycles. The average molecular weight is 352 g/mol. The highest BCUT2D eigenvalue weighted by atomic mass is 19.1. The van der Waals surface area contributed by atoms with E-state index in [0.29, 0.717) is 6.54 Å². The van der Waals surface area contributed by atoms with Crippen LogP contribution in [0, 0.1) is 5.92 Å². The van der Waals surface area contributed by atoms with Gasteiger partial charge < -0.3 is 15.2 Å². The summed E-state index contributed by atoms with van der Waals surface area (Å²) in [4.78, 5) is 25.0. The summed E-state index contributed by atoms with van der Waals surface area (Å²) in [6, 6.07) is 9.47. The van der Waals surface area contributed by atoms with Crippen LogP contribution in [0.1, 0.15) is 26.3 Å². The van der Waals surface area contributed by atoms with E-state index in [1.54, 1.807) is 25.7 Å². The number of alkyl halides is 1. The van der Waals surface area contributed by atoms with Gasteiger partial charge in [-0.15, -0.1) is 0 Å². The normalized spacial score (nSPS) is 24.1. The summed E-state index contributed by atoms with van der Waals surface area (Å²) in [7, 11) is 0. The molecule has 1 heterocycles. The zero-order valence-electron chi connectivity index (χ0n) is 14.8. The second-order valence-electron chi connectivity index (χ2n) is 7.40. The van der Waals surface area contributed by atoms with E-state index >= 15 is 4.39 Å². The van der Waals surface area contributed by atoms with Gasteiger partial charge in [0.2, 0.25) is 5.67 Å². The Labute approximate surface area is 147 Å². The van der Waals surface area contributed by atoms with Gasteiger partial charge in [-0.2, -0.15) is 0 Å². The molecule has 2 atom stereocenters. The van der Waals surface area contributed by atoms with Gasteiger partial charge >= 0.3 is 12.1 Å². The van der Waals surface area contributed by atoms with Crippen molar-refractivity contribution in [3.8, 4) is 0 Å². The molecular weight excluding hydrogens is 327 g/mol. The molecule has 0 aliphatic carbocycles. The molecule has 1 saturated heterocycles. The lowest BCUT2D eigenvalue weighted by Crippen LogP contribution is -2.47. The van der Waals surface area contributed by atoms with Crippen LogP contribution in [-0.4, -0.2) is 53.0 Å². The van der Waals surface area contributed by atoms with Crippen LogP contribution >= 0.6 is 0 Å². The minimum Gasteiger partial charge on any atom is -0.479 e. The fourth-order valence-electron chi connectivity index (χ4n) is 2.93. The van der Waals surface area contributed by atoms with Crippen LogP contribution in [0.15, 0.2) is 30.3 Å². The van der Waals surface area contributed by atoms with E-state index in [-0.39, 0.29) is 19.6 Å². The van der Waals surface area contributed by atoms with Crippen molar-refractivity contribution in [3.63, 3.8) is 0 Å². The van der Waals surface area contributed by atoms with Crippen molar-refractivity contribution < 1.29 is 23.8 Å². The maximum absolute atomic E-state index is 15.0. The molecule has 0 saturated carbocycles. The first-order chi connectivity index (χ1) is 11.6. The molecular formula is C18H25FN2O4. The summed E-state index contributed by atoms with van der Waals surface area (Å²) >= 11 is 0. The number of amides is 1. The van der Waals surface area contributed by atoms with Gasteiger partial charge in [-0.1, -0.05) is 30.3 Å². The first-order valence-corrected chi connectivity index (χ1v) is 8.25. The predicted octanol–water partition coefficient (Wildman–Crippen LogP) is 2.44. The first kappa shape index (κ1) is 19.2. The third kappa shape index (κ3) is 5.16. The van der Waals surface area contributed by atoms with Crippen molar-refractivity contribution in [3.05, 3.63) is 35.9 Å². The van der Waals surface area contributed by atoms with Gasteiger partial charge in [0, 0.05) is 32.1 Å². The third-order valence-electron chi connectivity index (χ3n) is 4.08. The minimum absolute atomic E-state index is 0.0942. The Morgan fingerprint density at radius 1 is 1.36 bits per heavy atom. The molecule has 0 unspecified atom stereocenters. The zero-order valence-corrected chi connectivity index (χ0v) is 14.8. The number of hydrogen-bond acceptors (Lipinski definition) is 4. The van der Waals surface area contributed by atoms with Gasteiger partial charge in [0.15, 0.2) is 0 Å². The van der Waals surface area contributed by atoms with Crippen LogP contribution in [0.3, 0.4) is 0 Å². The SMILES string of the molecule is CC(C)(C)OC(=O)NC[C@@H]1CN(Cc2ccccc2)C[C@]1(F)C(=O)O. The summed E-state index contributed by atoms with van der Waals surface area (Å²) < 4.78 is 20.1. The Balaban J connectivity index is 2.00. The van der Waals surface area contributed by atoms with Crippen molar-refractivity contribution >= 4 is 12.1 Å². The number of nitrogens with one attached hydrogen (secondary N) is 1. The summed E-state index contributed by atoms with van der Waals surface area (Å²) in [6.45, 7) is 5.57. The number of halogens is 1. The first-order valence-electron chi connectivity index (χ1n) is 8.25. The quantitative estimate of drug-likeness (QED) is 0.851. The lowest BCUT2D eigenvalue weighted by atomic mass is 9.93. The highest BCUT2D eigenvalue weighted by Gasteiger charge is 2.53. The van der Waals surface area contributed by atoms with Crippen molar-refractivity contribution in [1.82, 2.24) is 10.2 Å². The molecule has 6 nitrogen and oxygen atoms in total. The number of carboxylic acids is 1. The van der Waals surface area contributed by atoms with Gasteiger partial charge in [-0.3, -0.25) is 4.90 Å². The number of carbonyl (C=O) groups is 2. The summed E-state index contributed by atoms with van der Waals surface area (Å²) in [5.41, 5.74) is -2.08. The number of carboxylic acid groups (broad SMARTS) is 1. The van der Waals surface area contributed by atoms with E-state index in [1.165, 1.54) is 0 Å². The number of carbonyl (C=O) groups excluding carboxylic acids is 1. The number of hydrogen-bond donors (Lipinski definition) is 2. The molecule has 138 valence electrons. The lowest BCUT2D eigenvalue weighted by molar-refractivity contribution is -0.152. The molecule has 1 aromatic rings. The average Bonchev–Trinajstić information content (AvgIpc) is 2.82. The maximum Gasteiger partial charge on any atom is 0.407 e. The van der Waals surface area contributed by atoms with E-state index < -0.39 is 29.3 Å². The molecule has 1 aromatic carbocycles. The van der Waals surface area contributed by atoms with Gasteiger partial charge in [0.1, 0.15) is 5.60 Å². The molecule has 0 radical (unpaired) electrons. The lowest BCUT2D eigenvalue weighted by Gasteiger charge is -2.24. The van der Waals surface area contributed by atoms with E-state index in [0.717, 1.165) is 5.56 Å². The molecule has 0 bridgehead atoms. The van der Waals surface area contributed by atoms with Crippen LogP contribution in [0.4, 0.5) is 9.18 Å². The fraction of sp³-hybridized carbons (Fsp3) is 0.556. The van der Waals surface area contributed by atoms with Crippen molar-refractivity contribution in [1.29, 1.82) is 0 Å². The largest absolute Gasteiger partial charge is 0.479 e. The van der Waals surface area contributed by atoms with E-state index in [9.17, 15) is 14.7 Å². The Kier molecular flexibility index (Phi) is 5.67. The van der Waals surface area contributed by atoms with Gasteiger partial charge in [0.25, 0.3) is 0 Å². The number of nitrogens with zero attached hydrogens (tertiary/aromatic N) is 1. The van der Waals surface area contributed by atoms with Crippen molar-refractivity contribution in [2.75, 3.05) is 19.6 Å². The molecule has 0 aromatic heterocycles. The summed E-state index contributed by atoms with van der Waals surface area (Å²) in [5.74, 6) is -2.35. The number of ether oxygens (including phenoxy) is 1. The topological polar surface area (TPSA) is 78.9 Å². The number of benzene rings is 1. The predicted molar refractivity (Wildman–Crippen MR) is 90.9 cm³/mol. The van der Waals surface area contributed by atoms with Gasteiger partial charge in [-0.05, 0) is 26.3 Å². The summed E-state index contributed by atoms with van der Waals surface area (Å²) in [6.07, 6.45) is -0.679. The van der Waals surface area contributed by atoms with Gasteiger partial charge in [-0.25, -0.2) is 14.0 Å². The smallest absolute Gasteiger partial charge is 0.407 e. The minimum atomic E-state index is -2.40. The van der Waals surface area contributed by atoms with E-state index in [2.05, 4.69) is 5.32 Å². The van der Waals surface area contributed by atoms with Crippen molar-refractivity contribution in [2.45, 2.75) is 38.6 Å². The Bertz CT molecular complexity index is 617. The van der Waals surface area contributed by atoms with Crippen LogP contribution < -0.4 is 5.32 Å². The Hall–Kier alpha value is -2.15. The standard InChI is InChI=1S/C18H25FN2O4/c1-17(2,3)25-16(24)20-9-14-11-21(12-18(14,19)15(22)23)10-13-7-5-4-6-8-13/h4-8,14H,9-12H2,1-3H3,(H,20,24)(H,22,23)/t14-,18-/m1/s1. The van der Waals surface area contributed by atoms with E-state index in [1.807, 2.05) is 30.3 Å². The monoisotopic (exact) mass is 352 g/mol. The molecule has 7 heteroatoms. The van der Waals surface area contributed by atoms with Crippen LogP contribution in [0.2, 0.25) is 0 Å². The second-order valence-corrected chi connectivity index (χ2v) is 7.40. The fourth-order valence-corrected chi connectivity index (χ4v) is 2.93. The maximum atomic E-state index is 15.0. The second kappa shape index (κ2) is 7.39. The molecule has 0 spiro atoms. The zero-order chi connectivity index (χ0) is 18.7. The number of likely N-dealkylation sites (tertiary alicyclic amines) is 1. The third-order valence-corrected chi connectivity index (χ3v) is 4.08. The molecule has 1 fully saturated rings. The Morgan fingerprint density at radius 3 is 2.56 bits per heavy atom. The van der Waals surface area contributed by atoms with E-state index in [4.69, 9.17) is 4.74 Å². The molecule has 25 heavy (non-hydrogen) atoms. The van der Waals surface area contributed by atoms with Gasteiger partial charge in [0.05, 0.1) is 0 Å². The molecule has 2 rings (SSSR count). The molecule has 1 aliphatic rings. The van der Waals surface area contributed by atoms with Crippen LogP contribution in [0.25, 0.3) is 0 Å². The number of aliphatic carboxylic acids is 1. The highest BCUT2D eigenvalue weighted by Crippen LogP contribution is 2.32. The molecule has 2 N–H and O–H groups in total. The Morgan fingerprint density at radius 2 is 2.00 bits per heavy atom.